The Balaban J connectivity index is 1.90. The molecule has 0 saturated carbocycles. The number of hydrogen-bond donors (Lipinski definition) is 3. The summed E-state index contributed by atoms with van der Waals surface area (Å²) < 4.78 is 10.6. The Morgan fingerprint density at radius 2 is 2.12 bits per heavy atom. The van der Waals surface area contributed by atoms with Crippen molar-refractivity contribution >= 4 is 17.6 Å². The smallest absolute Gasteiger partial charge is 0.191 e. The molecule has 1 aromatic rings. The van der Waals surface area contributed by atoms with E-state index in [0.717, 1.165) is 43.1 Å². The highest BCUT2D eigenvalue weighted by molar-refractivity contribution is 6.31. The van der Waals surface area contributed by atoms with Gasteiger partial charge in [0.2, 0.25) is 0 Å². The van der Waals surface area contributed by atoms with Crippen molar-refractivity contribution in [3.63, 3.8) is 0 Å². The highest BCUT2D eigenvalue weighted by Gasteiger charge is 2.31. The number of nitrogens with zero attached hydrogens (tertiary/aromatic N) is 1. The maximum absolute atomic E-state index is 9.79. The fourth-order valence-electron chi connectivity index (χ4n) is 2.93. The molecular weight excluding hydrogens is 354 g/mol. The number of aliphatic hydroxyl groups is 1. The molecule has 2 rings (SSSR count). The van der Waals surface area contributed by atoms with Crippen LogP contribution >= 0.6 is 11.6 Å². The first kappa shape index (κ1) is 20.8. The number of aliphatic imine (C=N–C) groups is 1. The van der Waals surface area contributed by atoms with Gasteiger partial charge in [-0.05, 0) is 43.9 Å². The summed E-state index contributed by atoms with van der Waals surface area (Å²) in [5.41, 5.74) is 0.895. The van der Waals surface area contributed by atoms with Crippen molar-refractivity contribution in [2.75, 3.05) is 46.6 Å². The van der Waals surface area contributed by atoms with Gasteiger partial charge in [0, 0.05) is 36.7 Å². The van der Waals surface area contributed by atoms with E-state index < -0.39 is 0 Å². The van der Waals surface area contributed by atoms with Gasteiger partial charge in [0.15, 0.2) is 5.96 Å². The maximum atomic E-state index is 9.79. The summed E-state index contributed by atoms with van der Waals surface area (Å²) in [6, 6.07) is 5.72. The molecular formula is C19H30ClN3O3. The molecule has 0 aromatic heterocycles. The predicted molar refractivity (Wildman–Crippen MR) is 105 cm³/mol. The van der Waals surface area contributed by atoms with Crippen LogP contribution in [0.3, 0.4) is 0 Å². The fourth-order valence-corrected chi connectivity index (χ4v) is 3.20. The van der Waals surface area contributed by atoms with Crippen molar-refractivity contribution in [1.29, 1.82) is 0 Å². The molecule has 6 nitrogen and oxygen atoms in total. The zero-order valence-electron chi connectivity index (χ0n) is 15.7. The van der Waals surface area contributed by atoms with E-state index in [0.29, 0.717) is 31.3 Å². The third-order valence-electron chi connectivity index (χ3n) is 4.75. The van der Waals surface area contributed by atoms with Crippen LogP contribution in [-0.4, -0.2) is 57.6 Å². The van der Waals surface area contributed by atoms with Gasteiger partial charge in [-0.2, -0.15) is 0 Å². The molecule has 0 unspecified atom stereocenters. The molecule has 0 bridgehead atoms. The Hall–Kier alpha value is -1.50. The Morgan fingerprint density at radius 3 is 2.73 bits per heavy atom. The van der Waals surface area contributed by atoms with Crippen molar-refractivity contribution < 1.29 is 14.6 Å². The van der Waals surface area contributed by atoms with Gasteiger partial charge in [-0.3, -0.25) is 4.99 Å². The van der Waals surface area contributed by atoms with Gasteiger partial charge in [-0.25, -0.2) is 0 Å². The van der Waals surface area contributed by atoms with Crippen molar-refractivity contribution in [2.24, 2.45) is 10.4 Å². The summed E-state index contributed by atoms with van der Waals surface area (Å²) in [4.78, 5) is 4.69. The van der Waals surface area contributed by atoms with Gasteiger partial charge >= 0.3 is 0 Å². The topological polar surface area (TPSA) is 75.1 Å². The predicted octanol–water partition coefficient (Wildman–Crippen LogP) is 2.24. The molecule has 1 aromatic carbocycles. The monoisotopic (exact) mass is 383 g/mol. The largest absolute Gasteiger partial charge is 0.497 e. The van der Waals surface area contributed by atoms with E-state index in [2.05, 4.69) is 15.6 Å². The lowest BCUT2D eigenvalue weighted by Crippen LogP contribution is -2.41. The van der Waals surface area contributed by atoms with Crippen LogP contribution in [0, 0.1) is 5.41 Å². The highest BCUT2D eigenvalue weighted by Crippen LogP contribution is 2.30. The second-order valence-electron chi connectivity index (χ2n) is 6.60. The van der Waals surface area contributed by atoms with Crippen LogP contribution in [0.2, 0.25) is 5.02 Å². The van der Waals surface area contributed by atoms with Gasteiger partial charge in [0.05, 0.1) is 20.3 Å². The average Bonchev–Trinajstić information content (AvgIpc) is 2.68. The van der Waals surface area contributed by atoms with Crippen LogP contribution in [0.25, 0.3) is 0 Å². The normalized spacial score (nSPS) is 17.0. The first-order chi connectivity index (χ1) is 12.6. The van der Waals surface area contributed by atoms with Gasteiger partial charge in [-0.1, -0.05) is 17.7 Å². The molecule has 0 radical (unpaired) electrons. The first-order valence-corrected chi connectivity index (χ1v) is 9.53. The molecule has 1 aliphatic heterocycles. The van der Waals surface area contributed by atoms with Crippen molar-refractivity contribution in [2.45, 2.75) is 26.2 Å². The van der Waals surface area contributed by atoms with Gasteiger partial charge in [-0.15, -0.1) is 0 Å². The minimum absolute atomic E-state index is 0.140. The Labute approximate surface area is 160 Å². The highest BCUT2D eigenvalue weighted by atomic mass is 35.5. The van der Waals surface area contributed by atoms with Crippen LogP contribution in [0.1, 0.15) is 25.3 Å². The minimum Gasteiger partial charge on any atom is -0.497 e. The lowest BCUT2D eigenvalue weighted by Gasteiger charge is -2.34. The number of methoxy groups -OCH3 is 1. The van der Waals surface area contributed by atoms with Gasteiger partial charge < -0.3 is 25.2 Å². The molecule has 0 atom stereocenters. The average molecular weight is 384 g/mol. The number of ether oxygens (including phenoxy) is 2. The molecule has 0 amide bonds. The molecule has 0 spiro atoms. The van der Waals surface area contributed by atoms with Crippen LogP contribution < -0.4 is 15.4 Å². The van der Waals surface area contributed by atoms with Crippen LogP contribution in [0.4, 0.5) is 0 Å². The van der Waals surface area contributed by atoms with E-state index in [4.69, 9.17) is 21.1 Å². The Kier molecular flexibility index (Phi) is 8.48. The molecule has 1 saturated heterocycles. The molecule has 146 valence electrons. The SMILES string of the molecule is CCNC(=NCC1(CO)CCOCC1)NCCc1ccc(OC)cc1Cl. The number of guanidine groups is 1. The van der Waals surface area contributed by atoms with E-state index in [-0.39, 0.29) is 12.0 Å². The molecule has 3 N–H and O–H groups in total. The Bertz CT molecular complexity index is 589. The Morgan fingerprint density at radius 1 is 1.35 bits per heavy atom. The minimum atomic E-state index is -0.167. The zero-order valence-corrected chi connectivity index (χ0v) is 16.4. The number of rotatable bonds is 8. The van der Waals surface area contributed by atoms with E-state index in [1.165, 1.54) is 0 Å². The number of hydrogen-bond acceptors (Lipinski definition) is 4. The van der Waals surface area contributed by atoms with Crippen LogP contribution in [0.15, 0.2) is 23.2 Å². The number of halogens is 1. The zero-order chi connectivity index (χ0) is 18.8. The van der Waals surface area contributed by atoms with Gasteiger partial charge in [0.25, 0.3) is 0 Å². The molecule has 1 aliphatic rings. The second kappa shape index (κ2) is 10.6. The number of benzene rings is 1. The van der Waals surface area contributed by atoms with Crippen molar-refractivity contribution in [3.8, 4) is 5.75 Å². The third-order valence-corrected chi connectivity index (χ3v) is 5.10. The molecule has 1 fully saturated rings. The summed E-state index contributed by atoms with van der Waals surface area (Å²) in [6.45, 7) is 5.64. The van der Waals surface area contributed by atoms with Crippen molar-refractivity contribution in [3.05, 3.63) is 28.8 Å². The van der Waals surface area contributed by atoms with E-state index in [1.54, 1.807) is 7.11 Å². The van der Waals surface area contributed by atoms with E-state index >= 15 is 0 Å². The third kappa shape index (κ3) is 6.04. The quantitative estimate of drug-likeness (QED) is 0.474. The van der Waals surface area contributed by atoms with E-state index in [9.17, 15) is 5.11 Å². The van der Waals surface area contributed by atoms with Crippen LogP contribution in [-0.2, 0) is 11.2 Å². The molecule has 7 heteroatoms. The number of nitrogens with one attached hydrogen (secondary N) is 2. The summed E-state index contributed by atoms with van der Waals surface area (Å²) in [7, 11) is 1.63. The second-order valence-corrected chi connectivity index (χ2v) is 7.01. The van der Waals surface area contributed by atoms with E-state index in [1.807, 2.05) is 25.1 Å². The maximum Gasteiger partial charge on any atom is 0.191 e. The fraction of sp³-hybridized carbons (Fsp3) is 0.632. The molecule has 0 aliphatic carbocycles. The number of aliphatic hydroxyl groups excluding tert-OH is 1. The first-order valence-electron chi connectivity index (χ1n) is 9.15. The molecule has 1 heterocycles. The van der Waals surface area contributed by atoms with Crippen molar-refractivity contribution in [1.82, 2.24) is 10.6 Å². The van der Waals surface area contributed by atoms with Gasteiger partial charge in [0.1, 0.15) is 5.75 Å². The summed E-state index contributed by atoms with van der Waals surface area (Å²) in [5, 5.41) is 17.1. The summed E-state index contributed by atoms with van der Waals surface area (Å²) in [6.07, 6.45) is 2.47. The lowest BCUT2D eigenvalue weighted by molar-refractivity contribution is -0.0106. The standard InChI is InChI=1S/C19H30ClN3O3/c1-3-21-18(23-13-19(14-24)7-10-26-11-8-19)22-9-6-15-4-5-16(25-2)12-17(15)20/h4-5,12,24H,3,6-11,13-14H2,1-2H3,(H2,21,22,23). The van der Waals surface area contributed by atoms with Crippen LogP contribution in [0.5, 0.6) is 5.75 Å². The summed E-state index contributed by atoms with van der Waals surface area (Å²) in [5.74, 6) is 1.52. The summed E-state index contributed by atoms with van der Waals surface area (Å²) >= 11 is 6.29. The molecule has 26 heavy (non-hydrogen) atoms. The lowest BCUT2D eigenvalue weighted by atomic mass is 9.81.